The highest BCUT2D eigenvalue weighted by Gasteiger charge is 2.43. The van der Waals surface area contributed by atoms with E-state index in [1.807, 2.05) is 0 Å². The van der Waals surface area contributed by atoms with Crippen LogP contribution in [0.25, 0.3) is 0 Å². The van der Waals surface area contributed by atoms with Gasteiger partial charge in [0.1, 0.15) is 0 Å². The maximum absolute atomic E-state index is 11.1. The molecule has 2 aliphatic carbocycles. The van der Waals surface area contributed by atoms with Gasteiger partial charge in [0.15, 0.2) is 0 Å². The van der Waals surface area contributed by atoms with E-state index in [2.05, 4.69) is 5.32 Å². The predicted molar refractivity (Wildman–Crippen MR) is 58.7 cm³/mol. The Labute approximate surface area is 91.2 Å². The Bertz CT molecular complexity index is 230. The lowest BCUT2D eigenvalue weighted by Crippen LogP contribution is -2.46. The summed E-state index contributed by atoms with van der Waals surface area (Å²) < 4.78 is 0. The molecule has 0 aliphatic heterocycles. The Balaban J connectivity index is 1.69. The summed E-state index contributed by atoms with van der Waals surface area (Å²) in [7, 11) is 0. The molecule has 3 heteroatoms. The third kappa shape index (κ3) is 2.33. The standard InChI is InChI=1S/C12H21NO2/c14-11(15)12(6-3-7-12)9-13-8-10-4-1-2-5-10/h10,13H,1-9H2,(H,14,15). The first-order valence-electron chi connectivity index (χ1n) is 6.17. The average Bonchev–Trinajstić information content (AvgIpc) is 2.61. The van der Waals surface area contributed by atoms with Crippen LogP contribution in [0.5, 0.6) is 0 Å². The minimum atomic E-state index is -0.604. The van der Waals surface area contributed by atoms with Crippen LogP contribution in [0.2, 0.25) is 0 Å². The van der Waals surface area contributed by atoms with Gasteiger partial charge in [0.05, 0.1) is 5.41 Å². The Hall–Kier alpha value is -0.570. The van der Waals surface area contributed by atoms with E-state index in [1.54, 1.807) is 0 Å². The molecule has 0 heterocycles. The summed E-state index contributed by atoms with van der Waals surface area (Å²) in [4.78, 5) is 11.1. The van der Waals surface area contributed by atoms with Gasteiger partial charge in [-0.25, -0.2) is 0 Å². The molecule has 15 heavy (non-hydrogen) atoms. The lowest BCUT2D eigenvalue weighted by atomic mass is 9.69. The van der Waals surface area contributed by atoms with E-state index in [-0.39, 0.29) is 0 Å². The summed E-state index contributed by atoms with van der Waals surface area (Å²) in [6.45, 7) is 1.70. The van der Waals surface area contributed by atoms with Crippen molar-refractivity contribution in [2.24, 2.45) is 11.3 Å². The minimum absolute atomic E-state index is 0.418. The molecule has 0 radical (unpaired) electrons. The van der Waals surface area contributed by atoms with Crippen molar-refractivity contribution in [3.05, 3.63) is 0 Å². The zero-order valence-corrected chi connectivity index (χ0v) is 9.30. The van der Waals surface area contributed by atoms with Crippen LogP contribution in [0.4, 0.5) is 0 Å². The van der Waals surface area contributed by atoms with Gasteiger partial charge in [-0.3, -0.25) is 4.79 Å². The number of carbonyl (C=O) groups is 1. The van der Waals surface area contributed by atoms with E-state index in [4.69, 9.17) is 5.11 Å². The molecule has 0 saturated heterocycles. The summed E-state index contributed by atoms with van der Waals surface area (Å²) in [6, 6.07) is 0. The first kappa shape index (κ1) is 10.9. The SMILES string of the molecule is O=C(O)C1(CNCC2CCCC2)CCC1. The second-order valence-corrected chi connectivity index (χ2v) is 5.22. The quantitative estimate of drug-likeness (QED) is 0.731. The van der Waals surface area contributed by atoms with Crippen molar-refractivity contribution in [1.29, 1.82) is 0 Å². The van der Waals surface area contributed by atoms with Crippen molar-refractivity contribution in [3.63, 3.8) is 0 Å². The Kier molecular flexibility index (Phi) is 3.29. The number of nitrogens with one attached hydrogen (secondary N) is 1. The van der Waals surface area contributed by atoms with E-state index in [9.17, 15) is 4.79 Å². The maximum atomic E-state index is 11.1. The summed E-state index contributed by atoms with van der Waals surface area (Å²) >= 11 is 0. The minimum Gasteiger partial charge on any atom is -0.481 e. The van der Waals surface area contributed by atoms with Crippen LogP contribution in [-0.2, 0) is 4.79 Å². The van der Waals surface area contributed by atoms with Gasteiger partial charge in [0.2, 0.25) is 0 Å². The largest absolute Gasteiger partial charge is 0.481 e. The van der Waals surface area contributed by atoms with Crippen molar-refractivity contribution >= 4 is 5.97 Å². The number of hydrogen-bond donors (Lipinski definition) is 2. The Morgan fingerprint density at radius 3 is 2.40 bits per heavy atom. The molecule has 0 atom stereocenters. The first-order valence-corrected chi connectivity index (χ1v) is 6.17. The van der Waals surface area contributed by atoms with Crippen molar-refractivity contribution in [3.8, 4) is 0 Å². The van der Waals surface area contributed by atoms with Crippen molar-refractivity contribution in [2.75, 3.05) is 13.1 Å². The molecule has 3 nitrogen and oxygen atoms in total. The summed E-state index contributed by atoms with van der Waals surface area (Å²) in [5.74, 6) is 0.198. The normalized spacial score (nSPS) is 25.1. The van der Waals surface area contributed by atoms with E-state index >= 15 is 0 Å². The molecule has 86 valence electrons. The van der Waals surface area contributed by atoms with Crippen LogP contribution < -0.4 is 5.32 Å². The molecule has 0 aromatic carbocycles. The Morgan fingerprint density at radius 2 is 1.93 bits per heavy atom. The van der Waals surface area contributed by atoms with Crippen LogP contribution >= 0.6 is 0 Å². The molecular weight excluding hydrogens is 190 g/mol. The van der Waals surface area contributed by atoms with Gasteiger partial charge in [0, 0.05) is 6.54 Å². The van der Waals surface area contributed by atoms with E-state index in [0.29, 0.717) is 6.54 Å². The first-order chi connectivity index (χ1) is 7.23. The molecule has 2 fully saturated rings. The lowest BCUT2D eigenvalue weighted by molar-refractivity contribution is -0.154. The summed E-state index contributed by atoms with van der Waals surface area (Å²) in [5.41, 5.74) is -0.418. The second kappa shape index (κ2) is 4.52. The van der Waals surface area contributed by atoms with Gasteiger partial charge in [-0.15, -0.1) is 0 Å². The number of hydrogen-bond acceptors (Lipinski definition) is 2. The number of carboxylic acids is 1. The third-order valence-electron chi connectivity index (χ3n) is 4.14. The second-order valence-electron chi connectivity index (χ2n) is 5.22. The molecule has 2 aliphatic rings. The van der Waals surface area contributed by atoms with Gasteiger partial charge < -0.3 is 10.4 Å². The van der Waals surface area contributed by atoms with Crippen LogP contribution in [-0.4, -0.2) is 24.2 Å². The van der Waals surface area contributed by atoms with Gasteiger partial charge >= 0.3 is 5.97 Å². The molecule has 2 N–H and O–H groups in total. The van der Waals surface area contributed by atoms with Gasteiger partial charge in [-0.2, -0.15) is 0 Å². The monoisotopic (exact) mass is 211 g/mol. The van der Waals surface area contributed by atoms with Crippen LogP contribution in [0.3, 0.4) is 0 Å². The average molecular weight is 211 g/mol. The van der Waals surface area contributed by atoms with Crippen LogP contribution in [0, 0.1) is 11.3 Å². The zero-order chi connectivity index (χ0) is 10.7. The molecule has 0 bridgehead atoms. The summed E-state index contributed by atoms with van der Waals surface area (Å²) in [6.07, 6.45) is 8.17. The van der Waals surface area contributed by atoms with E-state index in [1.165, 1.54) is 25.7 Å². The zero-order valence-electron chi connectivity index (χ0n) is 9.30. The predicted octanol–water partition coefficient (Wildman–Crippen LogP) is 2.02. The highest BCUT2D eigenvalue weighted by molar-refractivity contribution is 5.76. The van der Waals surface area contributed by atoms with Crippen LogP contribution in [0.15, 0.2) is 0 Å². The van der Waals surface area contributed by atoms with Gasteiger partial charge in [-0.05, 0) is 38.1 Å². The number of carboxylic acid groups (broad SMARTS) is 1. The van der Waals surface area contributed by atoms with Crippen molar-refractivity contribution < 1.29 is 9.90 Å². The Morgan fingerprint density at radius 1 is 1.27 bits per heavy atom. The fourth-order valence-corrected chi connectivity index (χ4v) is 2.80. The molecule has 0 aromatic heterocycles. The number of aliphatic carboxylic acids is 1. The van der Waals surface area contributed by atoms with Gasteiger partial charge in [-0.1, -0.05) is 19.3 Å². The fraction of sp³-hybridized carbons (Fsp3) is 0.917. The lowest BCUT2D eigenvalue weighted by Gasteiger charge is -2.38. The molecule has 0 amide bonds. The molecular formula is C12H21NO2. The van der Waals surface area contributed by atoms with Gasteiger partial charge in [0.25, 0.3) is 0 Å². The molecule has 0 aromatic rings. The third-order valence-corrected chi connectivity index (χ3v) is 4.14. The molecule has 0 spiro atoms. The van der Waals surface area contributed by atoms with Crippen molar-refractivity contribution in [1.82, 2.24) is 5.32 Å². The molecule has 2 saturated carbocycles. The van der Waals surface area contributed by atoms with Crippen LogP contribution in [0.1, 0.15) is 44.9 Å². The maximum Gasteiger partial charge on any atom is 0.310 e. The van der Waals surface area contributed by atoms with E-state index < -0.39 is 11.4 Å². The van der Waals surface area contributed by atoms with E-state index in [0.717, 1.165) is 31.7 Å². The van der Waals surface area contributed by atoms with Crippen molar-refractivity contribution in [2.45, 2.75) is 44.9 Å². The summed E-state index contributed by atoms with van der Waals surface area (Å²) in [5, 5.41) is 12.5. The smallest absolute Gasteiger partial charge is 0.310 e. The topological polar surface area (TPSA) is 49.3 Å². The fourth-order valence-electron chi connectivity index (χ4n) is 2.80. The highest BCUT2D eigenvalue weighted by Crippen LogP contribution is 2.40. The highest BCUT2D eigenvalue weighted by atomic mass is 16.4. The number of rotatable bonds is 5. The molecule has 0 unspecified atom stereocenters. The molecule has 2 rings (SSSR count).